The molecule has 0 aliphatic heterocycles. The number of hydrogen-bond donors (Lipinski definition) is 1. The molecule has 0 aliphatic carbocycles. The molecule has 134 valence electrons. The molecule has 0 radical (unpaired) electrons. The number of hydrogen-bond acceptors (Lipinski definition) is 5. The first-order valence-corrected chi connectivity index (χ1v) is 8.40. The molecule has 25 heavy (non-hydrogen) atoms. The number of benzene rings is 1. The van der Waals surface area contributed by atoms with Gasteiger partial charge in [0.05, 0.1) is 5.69 Å². The number of aryl methyl sites for hydroxylation is 2. The molecule has 0 fully saturated rings. The number of carbonyl (C=O) groups is 2. The number of carbonyl (C=O) groups excluding carboxylic acids is 2. The van der Waals surface area contributed by atoms with Crippen molar-refractivity contribution >= 4 is 17.6 Å². The van der Waals surface area contributed by atoms with Gasteiger partial charge in [-0.1, -0.05) is 38.1 Å². The molecule has 0 saturated carbocycles. The van der Waals surface area contributed by atoms with E-state index in [1.807, 2.05) is 38.1 Å². The summed E-state index contributed by atoms with van der Waals surface area (Å²) in [5.41, 5.74) is 2.59. The lowest BCUT2D eigenvalue weighted by Gasteiger charge is -2.14. The summed E-state index contributed by atoms with van der Waals surface area (Å²) < 4.78 is 10.5. The average Bonchev–Trinajstić information content (AvgIpc) is 2.97. The summed E-state index contributed by atoms with van der Waals surface area (Å²) in [6, 6.07) is 7.54. The lowest BCUT2D eigenvalue weighted by atomic mass is 10.1. The highest BCUT2D eigenvalue weighted by molar-refractivity contribution is 5.98. The molecule has 1 heterocycles. The maximum Gasteiger partial charge on any atom is 0.344 e. The highest BCUT2D eigenvalue weighted by Crippen LogP contribution is 2.23. The van der Waals surface area contributed by atoms with Crippen LogP contribution < -0.4 is 5.32 Å². The van der Waals surface area contributed by atoms with Crippen LogP contribution in [-0.4, -0.2) is 23.1 Å². The van der Waals surface area contributed by atoms with Gasteiger partial charge >= 0.3 is 5.97 Å². The first-order valence-electron chi connectivity index (χ1n) is 8.40. The molecular weight excluding hydrogens is 320 g/mol. The number of esters is 1. The standard InChI is InChI=1S/C19H24N2O4/c1-6-14-7-9-15(10-8-14)20-18(22)13(5)24-19(23)16-12(4)21-25-17(16)11(2)3/h7-11,13H,6H2,1-5H3,(H,20,22)/t13-/m0/s1. The molecule has 0 spiro atoms. The van der Waals surface area contributed by atoms with Gasteiger partial charge in [-0.15, -0.1) is 0 Å². The molecular formula is C19H24N2O4. The van der Waals surface area contributed by atoms with Crippen molar-refractivity contribution in [1.29, 1.82) is 0 Å². The summed E-state index contributed by atoms with van der Waals surface area (Å²) in [5, 5.41) is 6.56. The van der Waals surface area contributed by atoms with Crippen molar-refractivity contribution in [3.8, 4) is 0 Å². The van der Waals surface area contributed by atoms with Crippen LogP contribution in [-0.2, 0) is 16.0 Å². The summed E-state index contributed by atoms with van der Waals surface area (Å²) in [6.45, 7) is 9.06. The van der Waals surface area contributed by atoms with Crippen molar-refractivity contribution in [2.45, 2.75) is 53.1 Å². The van der Waals surface area contributed by atoms with Gasteiger partial charge in [0.25, 0.3) is 5.91 Å². The van der Waals surface area contributed by atoms with Crippen LogP contribution in [0.2, 0.25) is 0 Å². The van der Waals surface area contributed by atoms with E-state index in [-0.39, 0.29) is 5.92 Å². The molecule has 1 aromatic carbocycles. The van der Waals surface area contributed by atoms with Gasteiger partial charge < -0.3 is 14.6 Å². The Balaban J connectivity index is 2.03. The van der Waals surface area contributed by atoms with Crippen molar-refractivity contribution in [3.63, 3.8) is 0 Å². The fraction of sp³-hybridized carbons (Fsp3) is 0.421. The zero-order chi connectivity index (χ0) is 18.6. The lowest BCUT2D eigenvalue weighted by molar-refractivity contribution is -0.123. The second-order valence-electron chi connectivity index (χ2n) is 6.25. The monoisotopic (exact) mass is 344 g/mol. The van der Waals surface area contributed by atoms with Gasteiger partial charge in [0.2, 0.25) is 0 Å². The number of nitrogens with one attached hydrogen (secondary N) is 1. The summed E-state index contributed by atoms with van der Waals surface area (Å²) in [4.78, 5) is 24.6. The summed E-state index contributed by atoms with van der Waals surface area (Å²) in [6.07, 6.45) is -0.00827. The lowest BCUT2D eigenvalue weighted by Crippen LogP contribution is -2.30. The van der Waals surface area contributed by atoms with Crippen LogP contribution >= 0.6 is 0 Å². The fourth-order valence-corrected chi connectivity index (χ4v) is 2.37. The van der Waals surface area contributed by atoms with Gasteiger partial charge in [0, 0.05) is 11.6 Å². The average molecular weight is 344 g/mol. The van der Waals surface area contributed by atoms with Crippen LogP contribution in [0, 0.1) is 6.92 Å². The topological polar surface area (TPSA) is 81.4 Å². The van der Waals surface area contributed by atoms with Gasteiger partial charge in [0.15, 0.2) is 11.9 Å². The van der Waals surface area contributed by atoms with Crippen LogP contribution in [0.1, 0.15) is 61.0 Å². The Morgan fingerprint density at radius 2 is 1.84 bits per heavy atom. The van der Waals surface area contributed by atoms with Gasteiger partial charge in [-0.2, -0.15) is 0 Å². The van der Waals surface area contributed by atoms with E-state index in [2.05, 4.69) is 17.4 Å². The van der Waals surface area contributed by atoms with E-state index in [1.165, 1.54) is 12.5 Å². The van der Waals surface area contributed by atoms with E-state index in [1.54, 1.807) is 6.92 Å². The third kappa shape index (κ3) is 4.47. The Bertz CT molecular complexity index is 747. The molecule has 1 atom stereocenters. The molecule has 1 amide bonds. The molecule has 2 aromatic rings. The van der Waals surface area contributed by atoms with Gasteiger partial charge in [0.1, 0.15) is 5.56 Å². The second kappa shape index (κ2) is 7.96. The third-order valence-electron chi connectivity index (χ3n) is 3.90. The minimum absolute atomic E-state index is 0.00929. The van der Waals surface area contributed by atoms with Gasteiger partial charge in [-0.3, -0.25) is 4.79 Å². The maximum atomic E-state index is 12.4. The molecule has 1 N–H and O–H groups in total. The van der Waals surface area contributed by atoms with Crippen LogP contribution in [0.4, 0.5) is 5.69 Å². The molecule has 2 rings (SSSR count). The van der Waals surface area contributed by atoms with E-state index in [0.717, 1.165) is 6.42 Å². The van der Waals surface area contributed by atoms with Crippen LogP contribution in [0.3, 0.4) is 0 Å². The van der Waals surface area contributed by atoms with Crippen molar-refractivity contribution in [2.24, 2.45) is 0 Å². The zero-order valence-corrected chi connectivity index (χ0v) is 15.3. The van der Waals surface area contributed by atoms with E-state index in [9.17, 15) is 9.59 Å². The Hall–Kier alpha value is -2.63. The summed E-state index contributed by atoms with van der Waals surface area (Å²) in [7, 11) is 0. The fourth-order valence-electron chi connectivity index (χ4n) is 2.37. The first kappa shape index (κ1) is 18.7. The van der Waals surface area contributed by atoms with E-state index >= 15 is 0 Å². The number of nitrogens with zero attached hydrogens (tertiary/aromatic N) is 1. The Labute approximate surface area is 147 Å². The number of anilines is 1. The van der Waals surface area contributed by atoms with Crippen LogP contribution in [0.15, 0.2) is 28.8 Å². The minimum atomic E-state index is -0.937. The Kier molecular flexibility index (Phi) is 5.96. The second-order valence-corrected chi connectivity index (χ2v) is 6.25. The molecule has 0 saturated heterocycles. The van der Waals surface area contributed by atoms with Crippen molar-refractivity contribution < 1.29 is 18.8 Å². The number of rotatable bonds is 6. The van der Waals surface area contributed by atoms with Crippen LogP contribution in [0.25, 0.3) is 0 Å². The van der Waals surface area contributed by atoms with Crippen molar-refractivity contribution in [2.75, 3.05) is 5.32 Å². The van der Waals surface area contributed by atoms with E-state index in [4.69, 9.17) is 9.26 Å². The molecule has 0 bridgehead atoms. The molecule has 0 aliphatic rings. The SMILES string of the molecule is CCc1ccc(NC(=O)[C@H](C)OC(=O)c2c(C)noc2C(C)C)cc1. The normalized spacial score (nSPS) is 12.1. The molecule has 1 aromatic heterocycles. The predicted octanol–water partition coefficient (Wildman–Crippen LogP) is 3.85. The van der Waals surface area contributed by atoms with Crippen molar-refractivity contribution in [3.05, 3.63) is 46.8 Å². The number of amides is 1. The molecule has 0 unspecified atom stereocenters. The number of aromatic nitrogens is 1. The molecule has 6 nitrogen and oxygen atoms in total. The van der Waals surface area contributed by atoms with Crippen molar-refractivity contribution in [1.82, 2.24) is 5.16 Å². The largest absolute Gasteiger partial charge is 0.449 e. The predicted molar refractivity (Wildman–Crippen MR) is 94.7 cm³/mol. The highest BCUT2D eigenvalue weighted by atomic mass is 16.5. The zero-order valence-electron chi connectivity index (χ0n) is 15.3. The number of ether oxygens (including phenoxy) is 1. The Morgan fingerprint density at radius 1 is 1.20 bits per heavy atom. The first-order chi connectivity index (χ1) is 11.8. The van der Waals surface area contributed by atoms with Crippen LogP contribution in [0.5, 0.6) is 0 Å². The molecule has 6 heteroatoms. The third-order valence-corrected chi connectivity index (χ3v) is 3.90. The van der Waals surface area contributed by atoms with E-state index < -0.39 is 18.0 Å². The smallest absolute Gasteiger partial charge is 0.344 e. The summed E-state index contributed by atoms with van der Waals surface area (Å²) >= 11 is 0. The quantitative estimate of drug-likeness (QED) is 0.805. The summed E-state index contributed by atoms with van der Waals surface area (Å²) in [5.74, 6) is -0.542. The maximum absolute atomic E-state index is 12.4. The highest BCUT2D eigenvalue weighted by Gasteiger charge is 2.27. The van der Waals surface area contributed by atoms with E-state index in [0.29, 0.717) is 22.7 Å². The minimum Gasteiger partial charge on any atom is -0.449 e. The van der Waals surface area contributed by atoms with Gasteiger partial charge in [-0.25, -0.2) is 4.79 Å². The van der Waals surface area contributed by atoms with Gasteiger partial charge in [-0.05, 0) is 38.0 Å². The Morgan fingerprint density at radius 3 is 2.40 bits per heavy atom.